The van der Waals surface area contributed by atoms with Gasteiger partial charge in [0, 0.05) is 0 Å². The highest BCUT2D eigenvalue weighted by atomic mass is 16.6. The van der Waals surface area contributed by atoms with Crippen molar-refractivity contribution in [2.45, 2.75) is 75.4 Å². The smallest absolute Gasteiger partial charge is 0.119 e. The summed E-state index contributed by atoms with van der Waals surface area (Å²) in [6.07, 6.45) is 10.4. The Morgan fingerprint density at radius 3 is 1.31 bits per heavy atom. The minimum Gasteiger partial charge on any atom is -0.494 e. The fourth-order valence-corrected chi connectivity index (χ4v) is 4.90. The van der Waals surface area contributed by atoms with Crippen LogP contribution in [0.25, 0.3) is 0 Å². The van der Waals surface area contributed by atoms with Crippen LogP contribution >= 0.6 is 0 Å². The van der Waals surface area contributed by atoms with E-state index in [0.29, 0.717) is 24.0 Å². The molecule has 32 heavy (non-hydrogen) atoms. The molecule has 2 unspecified atom stereocenters. The molecule has 2 aromatic carbocycles. The van der Waals surface area contributed by atoms with Crippen molar-refractivity contribution in [2.75, 3.05) is 26.4 Å². The van der Waals surface area contributed by atoms with Crippen molar-refractivity contribution < 1.29 is 18.9 Å². The van der Waals surface area contributed by atoms with Crippen molar-refractivity contribution in [3.63, 3.8) is 0 Å². The molecule has 0 amide bonds. The summed E-state index contributed by atoms with van der Waals surface area (Å²) in [7, 11) is 0. The van der Waals surface area contributed by atoms with E-state index in [4.69, 9.17) is 18.9 Å². The topological polar surface area (TPSA) is 43.5 Å². The standard InChI is InChI=1S/C28H36O4/c1(3-27-19-31-27)17-29-25-13-9-23(10-14-25)21-5-7-22(8-6-21)24-11-15-26(16-12-24)30-18-2-4-28-20-32-28/h9-16,21-22,27-28H,1-8,17-20H2. The van der Waals surface area contributed by atoms with E-state index in [2.05, 4.69) is 48.5 Å². The molecule has 0 spiro atoms. The first-order valence-corrected chi connectivity index (χ1v) is 12.5. The zero-order valence-corrected chi connectivity index (χ0v) is 19.0. The van der Waals surface area contributed by atoms with Gasteiger partial charge in [0.15, 0.2) is 0 Å². The van der Waals surface area contributed by atoms with Crippen molar-refractivity contribution in [3.8, 4) is 11.5 Å². The lowest BCUT2D eigenvalue weighted by molar-refractivity contribution is 0.293. The normalized spacial score (nSPS) is 26.5. The average Bonchev–Trinajstić information content (AvgIpc) is 3.76. The molecule has 2 heterocycles. The Morgan fingerprint density at radius 1 is 0.594 bits per heavy atom. The summed E-state index contributed by atoms with van der Waals surface area (Å²) in [5, 5.41) is 0. The Morgan fingerprint density at radius 2 is 0.969 bits per heavy atom. The Labute approximate surface area is 192 Å². The molecule has 0 aromatic heterocycles. The van der Waals surface area contributed by atoms with Crippen LogP contribution in [-0.4, -0.2) is 38.6 Å². The lowest BCUT2D eigenvalue weighted by atomic mass is 9.76. The number of rotatable bonds is 12. The molecule has 0 radical (unpaired) electrons. The van der Waals surface area contributed by atoms with E-state index >= 15 is 0 Å². The van der Waals surface area contributed by atoms with Crippen molar-refractivity contribution >= 4 is 0 Å². The molecule has 0 N–H and O–H groups in total. The molecular weight excluding hydrogens is 400 g/mol. The third-order valence-corrected chi connectivity index (χ3v) is 7.11. The summed E-state index contributed by atoms with van der Waals surface area (Å²) in [4.78, 5) is 0. The van der Waals surface area contributed by atoms with E-state index in [9.17, 15) is 0 Å². The van der Waals surface area contributed by atoms with E-state index < -0.39 is 0 Å². The maximum absolute atomic E-state index is 5.88. The third kappa shape index (κ3) is 6.49. The second kappa shape index (κ2) is 10.7. The molecule has 3 fully saturated rings. The van der Waals surface area contributed by atoms with Crippen molar-refractivity contribution in [2.24, 2.45) is 0 Å². The fraction of sp³-hybridized carbons (Fsp3) is 0.571. The van der Waals surface area contributed by atoms with E-state index in [1.54, 1.807) is 0 Å². The van der Waals surface area contributed by atoms with Gasteiger partial charge in [-0.05, 0) is 98.6 Å². The molecule has 2 aliphatic heterocycles. The Kier molecular flexibility index (Phi) is 7.30. The lowest BCUT2D eigenvalue weighted by Gasteiger charge is -2.29. The summed E-state index contributed by atoms with van der Waals surface area (Å²) in [5.41, 5.74) is 2.92. The van der Waals surface area contributed by atoms with Crippen LogP contribution in [0, 0.1) is 0 Å². The molecule has 2 saturated heterocycles. The molecule has 3 aliphatic rings. The average molecular weight is 437 g/mol. The molecule has 5 rings (SSSR count). The van der Waals surface area contributed by atoms with Gasteiger partial charge in [-0.25, -0.2) is 0 Å². The Bertz CT molecular complexity index is 744. The second-order valence-corrected chi connectivity index (χ2v) is 9.58. The number of benzene rings is 2. The SMILES string of the molecule is c1cc(C2CCC(c3ccc(OCCCC4CO4)cc3)CC2)ccc1OCCCC1CO1. The van der Waals surface area contributed by atoms with Crippen molar-refractivity contribution in [1.82, 2.24) is 0 Å². The minimum absolute atomic E-state index is 0.500. The zero-order valence-electron chi connectivity index (χ0n) is 19.0. The highest BCUT2D eigenvalue weighted by Gasteiger charge is 2.24. The van der Waals surface area contributed by atoms with Gasteiger partial charge in [-0.15, -0.1) is 0 Å². The van der Waals surface area contributed by atoms with E-state index in [0.717, 1.165) is 63.6 Å². The highest BCUT2D eigenvalue weighted by molar-refractivity contribution is 5.32. The quantitative estimate of drug-likeness (QED) is 0.292. The van der Waals surface area contributed by atoms with Gasteiger partial charge >= 0.3 is 0 Å². The van der Waals surface area contributed by atoms with Crippen LogP contribution in [-0.2, 0) is 9.47 Å². The predicted octanol–water partition coefficient (Wildman–Crippen LogP) is 6.24. The maximum atomic E-state index is 5.88. The summed E-state index contributed by atoms with van der Waals surface area (Å²) in [6, 6.07) is 17.7. The van der Waals surface area contributed by atoms with Crippen LogP contribution in [0.2, 0.25) is 0 Å². The Hall–Kier alpha value is -2.04. The molecule has 4 nitrogen and oxygen atoms in total. The van der Waals surface area contributed by atoms with Gasteiger partial charge < -0.3 is 18.9 Å². The van der Waals surface area contributed by atoms with Gasteiger partial charge in [-0.3, -0.25) is 0 Å². The fourth-order valence-electron chi connectivity index (χ4n) is 4.90. The molecular formula is C28H36O4. The summed E-state index contributed by atoms with van der Waals surface area (Å²) < 4.78 is 22.3. The van der Waals surface area contributed by atoms with Crippen LogP contribution in [0.4, 0.5) is 0 Å². The number of hydrogen-bond donors (Lipinski definition) is 0. The van der Waals surface area contributed by atoms with E-state index in [1.165, 1.54) is 36.8 Å². The summed E-state index contributed by atoms with van der Waals surface area (Å²) in [5.74, 6) is 3.32. The highest BCUT2D eigenvalue weighted by Crippen LogP contribution is 2.41. The molecule has 1 saturated carbocycles. The van der Waals surface area contributed by atoms with Gasteiger partial charge in [0.25, 0.3) is 0 Å². The van der Waals surface area contributed by atoms with E-state index in [1.807, 2.05) is 0 Å². The summed E-state index contributed by atoms with van der Waals surface area (Å²) >= 11 is 0. The van der Waals surface area contributed by atoms with Crippen LogP contribution in [0.15, 0.2) is 48.5 Å². The summed E-state index contributed by atoms with van der Waals surface area (Å²) in [6.45, 7) is 3.44. The van der Waals surface area contributed by atoms with Crippen molar-refractivity contribution in [1.29, 1.82) is 0 Å². The maximum Gasteiger partial charge on any atom is 0.119 e. The van der Waals surface area contributed by atoms with Crippen LogP contribution < -0.4 is 9.47 Å². The Balaban J connectivity index is 1.03. The first kappa shape index (κ1) is 21.8. The molecule has 1 aliphatic carbocycles. The van der Waals surface area contributed by atoms with Crippen molar-refractivity contribution in [3.05, 3.63) is 59.7 Å². The lowest BCUT2D eigenvalue weighted by Crippen LogP contribution is -2.12. The molecule has 0 bridgehead atoms. The monoisotopic (exact) mass is 436 g/mol. The number of ether oxygens (including phenoxy) is 4. The molecule has 2 atom stereocenters. The second-order valence-electron chi connectivity index (χ2n) is 9.58. The third-order valence-electron chi connectivity index (χ3n) is 7.11. The molecule has 2 aromatic rings. The van der Waals surface area contributed by atoms with Gasteiger partial charge in [-0.1, -0.05) is 24.3 Å². The van der Waals surface area contributed by atoms with Gasteiger partial charge in [0.2, 0.25) is 0 Å². The molecule has 172 valence electrons. The first-order chi connectivity index (χ1) is 15.8. The van der Waals surface area contributed by atoms with Crippen LogP contribution in [0.5, 0.6) is 11.5 Å². The number of hydrogen-bond acceptors (Lipinski definition) is 4. The first-order valence-electron chi connectivity index (χ1n) is 12.5. The van der Waals surface area contributed by atoms with Gasteiger partial charge in [0.05, 0.1) is 38.6 Å². The molecule has 4 heteroatoms. The minimum atomic E-state index is 0.500. The zero-order chi connectivity index (χ0) is 21.6. The number of epoxide rings is 2. The van der Waals surface area contributed by atoms with Gasteiger partial charge in [-0.2, -0.15) is 0 Å². The largest absolute Gasteiger partial charge is 0.494 e. The van der Waals surface area contributed by atoms with E-state index in [-0.39, 0.29) is 0 Å². The van der Waals surface area contributed by atoms with Crippen LogP contribution in [0.1, 0.15) is 74.3 Å². The van der Waals surface area contributed by atoms with Gasteiger partial charge in [0.1, 0.15) is 11.5 Å². The predicted molar refractivity (Wildman–Crippen MR) is 126 cm³/mol. The van der Waals surface area contributed by atoms with Crippen LogP contribution in [0.3, 0.4) is 0 Å².